The number of rotatable bonds is 2. The number of ketones is 1. The summed E-state index contributed by atoms with van der Waals surface area (Å²) in [6.45, 7) is 0. The number of Topliss-reactive ketones (excluding diaryl/α,β-unsaturated/α-hetero) is 1. The number of hydrogen-bond donors (Lipinski definition) is 4. The monoisotopic (exact) mass is 262 g/mol. The first kappa shape index (κ1) is 12.1. The van der Waals surface area contributed by atoms with Gasteiger partial charge in [-0.15, -0.1) is 0 Å². The van der Waals surface area contributed by atoms with Gasteiger partial charge in [-0.2, -0.15) is 0 Å². The molecule has 0 fully saturated rings. The molecule has 0 atom stereocenters. The van der Waals surface area contributed by atoms with Gasteiger partial charge in [-0.3, -0.25) is 20.4 Å². The van der Waals surface area contributed by atoms with E-state index in [2.05, 4.69) is 28.1 Å². The smallest absolute Gasteiger partial charge is 0.310 e. The number of H-pyrrole nitrogens is 1. The van der Waals surface area contributed by atoms with Crippen molar-refractivity contribution < 1.29 is 9.59 Å². The highest BCUT2D eigenvalue weighted by molar-refractivity contribution is 7.80. The summed E-state index contributed by atoms with van der Waals surface area (Å²) < 4.78 is 0. The molecule has 1 amide bonds. The van der Waals surface area contributed by atoms with Gasteiger partial charge < -0.3 is 10.7 Å². The Labute approximate surface area is 108 Å². The molecule has 6 nitrogen and oxygen atoms in total. The van der Waals surface area contributed by atoms with E-state index in [-0.39, 0.29) is 5.11 Å². The maximum absolute atomic E-state index is 11.9. The van der Waals surface area contributed by atoms with E-state index in [1.807, 2.05) is 12.1 Å². The van der Waals surface area contributed by atoms with Crippen molar-refractivity contribution in [3.63, 3.8) is 0 Å². The first-order valence-electron chi connectivity index (χ1n) is 5.06. The Morgan fingerprint density at radius 3 is 2.67 bits per heavy atom. The fourth-order valence-corrected chi connectivity index (χ4v) is 1.61. The van der Waals surface area contributed by atoms with E-state index in [0.29, 0.717) is 10.9 Å². The van der Waals surface area contributed by atoms with Crippen LogP contribution in [-0.4, -0.2) is 21.8 Å². The molecule has 5 N–H and O–H groups in total. The number of thiocarbonyl (C=S) groups is 1. The zero-order chi connectivity index (χ0) is 13.1. The summed E-state index contributed by atoms with van der Waals surface area (Å²) in [4.78, 5) is 26.3. The van der Waals surface area contributed by atoms with Crippen molar-refractivity contribution in [2.45, 2.75) is 0 Å². The highest BCUT2D eigenvalue weighted by atomic mass is 32.1. The predicted octanol–water partition coefficient (Wildman–Crippen LogP) is 0.215. The number of para-hydroxylation sites is 1. The third-order valence-electron chi connectivity index (χ3n) is 2.34. The number of hydrazine groups is 1. The van der Waals surface area contributed by atoms with Crippen LogP contribution < -0.4 is 16.6 Å². The Morgan fingerprint density at radius 1 is 1.22 bits per heavy atom. The Kier molecular flexibility index (Phi) is 3.24. The van der Waals surface area contributed by atoms with E-state index in [1.54, 1.807) is 12.1 Å². The fraction of sp³-hybridized carbons (Fsp3) is 0. The van der Waals surface area contributed by atoms with Gasteiger partial charge in [-0.05, 0) is 18.3 Å². The molecule has 0 aliphatic heterocycles. The number of carbonyl (C=O) groups excluding carboxylic acids is 2. The Hall–Kier alpha value is -2.41. The largest absolute Gasteiger partial charge is 0.375 e. The fourth-order valence-electron chi connectivity index (χ4n) is 1.56. The molecule has 0 aliphatic carbocycles. The lowest BCUT2D eigenvalue weighted by Gasteiger charge is -2.04. The minimum atomic E-state index is -0.826. The van der Waals surface area contributed by atoms with Crippen molar-refractivity contribution in [3.05, 3.63) is 36.0 Å². The van der Waals surface area contributed by atoms with Crippen molar-refractivity contribution in [2.75, 3.05) is 0 Å². The average molecular weight is 262 g/mol. The van der Waals surface area contributed by atoms with Crippen LogP contribution >= 0.6 is 12.2 Å². The molecule has 0 saturated heterocycles. The standard InChI is InChI=1S/C11H10N4O2S/c12-11(18)15-14-10(17)9(16)7-5-13-8-4-2-1-3-6(7)8/h1-5,13H,(H,14,17)(H3,12,15,18). The van der Waals surface area contributed by atoms with Gasteiger partial charge in [0.05, 0.1) is 5.56 Å². The molecule has 2 rings (SSSR count). The number of amides is 1. The molecule has 1 heterocycles. The van der Waals surface area contributed by atoms with E-state index in [1.165, 1.54) is 6.20 Å². The summed E-state index contributed by atoms with van der Waals surface area (Å²) in [7, 11) is 0. The average Bonchev–Trinajstić information content (AvgIpc) is 2.78. The molecule has 1 aromatic heterocycles. The summed E-state index contributed by atoms with van der Waals surface area (Å²) in [6, 6.07) is 7.20. The van der Waals surface area contributed by atoms with Crippen molar-refractivity contribution >= 4 is 39.9 Å². The molecule has 7 heteroatoms. The van der Waals surface area contributed by atoms with Crippen molar-refractivity contribution in [3.8, 4) is 0 Å². The second kappa shape index (κ2) is 4.84. The molecule has 0 saturated carbocycles. The van der Waals surface area contributed by atoms with Crippen LogP contribution in [0.25, 0.3) is 10.9 Å². The molecule has 0 unspecified atom stereocenters. The van der Waals surface area contributed by atoms with Gasteiger partial charge in [0, 0.05) is 17.1 Å². The normalized spacial score (nSPS) is 10.0. The SMILES string of the molecule is NC(=S)NNC(=O)C(=O)c1c[nH]c2ccccc12. The van der Waals surface area contributed by atoms with E-state index in [0.717, 1.165) is 5.52 Å². The summed E-state index contributed by atoms with van der Waals surface area (Å²) in [5, 5.41) is 0.572. The number of fused-ring (bicyclic) bond motifs is 1. The van der Waals surface area contributed by atoms with Crippen LogP contribution in [0.4, 0.5) is 0 Å². The maximum Gasteiger partial charge on any atom is 0.310 e. The first-order chi connectivity index (χ1) is 8.59. The molecular weight excluding hydrogens is 252 g/mol. The highest BCUT2D eigenvalue weighted by Gasteiger charge is 2.19. The number of nitrogens with two attached hydrogens (primary N) is 1. The quantitative estimate of drug-likeness (QED) is 0.268. The third-order valence-corrected chi connectivity index (χ3v) is 2.44. The van der Waals surface area contributed by atoms with E-state index >= 15 is 0 Å². The molecule has 0 spiro atoms. The van der Waals surface area contributed by atoms with Crippen LogP contribution in [0.3, 0.4) is 0 Å². The number of nitrogens with one attached hydrogen (secondary N) is 3. The van der Waals surface area contributed by atoms with E-state index in [4.69, 9.17) is 5.73 Å². The molecule has 18 heavy (non-hydrogen) atoms. The number of hydrogen-bond acceptors (Lipinski definition) is 3. The molecule has 2 aromatic rings. The van der Waals surface area contributed by atoms with Crippen LogP contribution in [-0.2, 0) is 4.79 Å². The van der Waals surface area contributed by atoms with Crippen molar-refractivity contribution in [1.82, 2.24) is 15.8 Å². The van der Waals surface area contributed by atoms with Crippen LogP contribution in [0.5, 0.6) is 0 Å². The number of carbonyl (C=O) groups is 2. The van der Waals surface area contributed by atoms with Crippen LogP contribution in [0, 0.1) is 0 Å². The van der Waals surface area contributed by atoms with Crippen molar-refractivity contribution in [2.24, 2.45) is 5.73 Å². The van der Waals surface area contributed by atoms with E-state index < -0.39 is 11.7 Å². The van der Waals surface area contributed by atoms with Crippen LogP contribution in [0.1, 0.15) is 10.4 Å². The second-order valence-electron chi connectivity index (χ2n) is 3.52. The summed E-state index contributed by atoms with van der Waals surface area (Å²) in [6.07, 6.45) is 1.49. The zero-order valence-corrected chi connectivity index (χ0v) is 10.0. The minimum Gasteiger partial charge on any atom is -0.375 e. The number of aromatic nitrogens is 1. The topological polar surface area (TPSA) is 100 Å². The summed E-state index contributed by atoms with van der Waals surface area (Å²) in [5.41, 5.74) is 10.6. The number of aromatic amines is 1. The van der Waals surface area contributed by atoms with Gasteiger partial charge >= 0.3 is 5.91 Å². The lowest BCUT2D eigenvalue weighted by molar-refractivity contribution is -0.117. The molecule has 0 radical (unpaired) electrons. The summed E-state index contributed by atoms with van der Waals surface area (Å²) in [5.74, 6) is -1.50. The van der Waals surface area contributed by atoms with Gasteiger partial charge in [0.25, 0.3) is 5.78 Å². The zero-order valence-electron chi connectivity index (χ0n) is 9.19. The van der Waals surface area contributed by atoms with Gasteiger partial charge in [0.1, 0.15) is 0 Å². The third kappa shape index (κ3) is 2.30. The van der Waals surface area contributed by atoms with Gasteiger partial charge in [-0.25, -0.2) is 0 Å². The molecular formula is C11H10N4O2S. The highest BCUT2D eigenvalue weighted by Crippen LogP contribution is 2.17. The Balaban J connectivity index is 2.23. The van der Waals surface area contributed by atoms with Crippen LogP contribution in [0.15, 0.2) is 30.5 Å². The maximum atomic E-state index is 11.9. The Bertz CT molecular complexity index is 635. The van der Waals surface area contributed by atoms with Crippen LogP contribution in [0.2, 0.25) is 0 Å². The van der Waals surface area contributed by atoms with Gasteiger partial charge in [0.15, 0.2) is 5.11 Å². The minimum absolute atomic E-state index is 0.116. The van der Waals surface area contributed by atoms with E-state index in [9.17, 15) is 9.59 Å². The number of benzene rings is 1. The second-order valence-corrected chi connectivity index (χ2v) is 3.96. The molecule has 1 aromatic carbocycles. The molecule has 0 bridgehead atoms. The first-order valence-corrected chi connectivity index (χ1v) is 5.46. The summed E-state index contributed by atoms with van der Waals surface area (Å²) >= 11 is 4.51. The molecule has 92 valence electrons. The van der Waals surface area contributed by atoms with Gasteiger partial charge in [-0.1, -0.05) is 18.2 Å². The molecule has 0 aliphatic rings. The Morgan fingerprint density at radius 2 is 1.94 bits per heavy atom. The predicted molar refractivity (Wildman–Crippen MR) is 70.7 cm³/mol. The lowest BCUT2D eigenvalue weighted by Crippen LogP contribution is -2.47. The lowest BCUT2D eigenvalue weighted by atomic mass is 10.1. The van der Waals surface area contributed by atoms with Crippen molar-refractivity contribution in [1.29, 1.82) is 0 Å². The van der Waals surface area contributed by atoms with Gasteiger partial charge in [0.2, 0.25) is 0 Å².